The van der Waals surface area contributed by atoms with Crippen LogP contribution in [0.15, 0.2) is 17.0 Å². The van der Waals surface area contributed by atoms with Crippen LogP contribution in [0.4, 0.5) is 0 Å². The summed E-state index contributed by atoms with van der Waals surface area (Å²) in [5.41, 5.74) is 1.89. The summed E-state index contributed by atoms with van der Waals surface area (Å²) in [6.45, 7) is 9.01. The molecule has 0 spiro atoms. The highest BCUT2D eigenvalue weighted by atomic mass is 32.2. The number of nitrogens with zero attached hydrogens (tertiary/aromatic N) is 3. The SMILES string of the molecule is COc1cc(C)c(S(=O)N(C)CCC(=O)N(C)CC2CCCC(CN3CCCC3)C2)c(C)c1. The van der Waals surface area contributed by atoms with Crippen LogP contribution in [-0.2, 0) is 15.8 Å². The molecule has 7 heteroatoms. The zero-order valence-electron chi connectivity index (χ0n) is 21.3. The third kappa shape index (κ3) is 7.27. The van der Waals surface area contributed by atoms with Crippen LogP contribution in [-0.4, -0.2) is 78.2 Å². The average molecular weight is 478 g/mol. The van der Waals surface area contributed by atoms with Crippen LogP contribution in [0.5, 0.6) is 5.75 Å². The molecule has 3 unspecified atom stereocenters. The van der Waals surface area contributed by atoms with Crippen LogP contribution in [0.3, 0.4) is 0 Å². The van der Waals surface area contributed by atoms with E-state index in [1.54, 1.807) is 11.4 Å². The Hall–Kier alpha value is -1.44. The molecule has 0 N–H and O–H groups in total. The Bertz CT molecular complexity index is 802. The van der Waals surface area contributed by atoms with Gasteiger partial charge in [0.25, 0.3) is 0 Å². The molecule has 186 valence electrons. The zero-order chi connectivity index (χ0) is 24.0. The summed E-state index contributed by atoms with van der Waals surface area (Å²) in [6.07, 6.45) is 8.19. The standard InChI is InChI=1S/C26H43N3O3S/c1-20-15-24(32-5)16-21(2)26(20)33(31)28(4)14-11-25(30)27(3)18-22-9-8-10-23(17-22)19-29-12-6-7-13-29/h15-16,22-23H,6-14,17-19H2,1-5H3. The second kappa shape index (κ2) is 12.3. The van der Waals surface area contributed by atoms with Crippen molar-refractivity contribution in [3.8, 4) is 5.75 Å². The lowest BCUT2D eigenvalue weighted by atomic mass is 9.81. The molecule has 0 radical (unpaired) electrons. The average Bonchev–Trinajstić information content (AvgIpc) is 3.29. The Morgan fingerprint density at radius 1 is 1.09 bits per heavy atom. The number of methoxy groups -OCH3 is 1. The number of amides is 1. The maximum atomic E-state index is 13.1. The first-order chi connectivity index (χ1) is 15.8. The van der Waals surface area contributed by atoms with Gasteiger partial charge in [-0.15, -0.1) is 0 Å². The molecule has 3 rings (SSSR count). The van der Waals surface area contributed by atoms with Crippen molar-refractivity contribution in [3.05, 3.63) is 23.3 Å². The first-order valence-corrected chi connectivity index (χ1v) is 13.6. The van der Waals surface area contributed by atoms with Crippen LogP contribution in [0.1, 0.15) is 56.1 Å². The molecule has 0 bridgehead atoms. The Morgan fingerprint density at radius 3 is 2.36 bits per heavy atom. The van der Waals surface area contributed by atoms with E-state index < -0.39 is 11.0 Å². The van der Waals surface area contributed by atoms with Gasteiger partial charge in [-0.3, -0.25) is 4.79 Å². The molecule has 2 fully saturated rings. The third-order valence-electron chi connectivity index (χ3n) is 7.33. The molecule has 1 aromatic carbocycles. The third-order valence-corrected chi connectivity index (χ3v) is 9.07. The Labute approximate surface area is 203 Å². The molecular formula is C26H43N3O3S. The molecule has 1 saturated carbocycles. The maximum Gasteiger partial charge on any atom is 0.223 e. The molecule has 0 aromatic heterocycles. The van der Waals surface area contributed by atoms with Gasteiger partial charge >= 0.3 is 0 Å². The number of benzene rings is 1. The predicted octanol–water partition coefficient (Wildman–Crippen LogP) is 4.02. The summed E-state index contributed by atoms with van der Waals surface area (Å²) in [4.78, 5) is 18.2. The number of carbonyl (C=O) groups is 1. The normalized spacial score (nSPS) is 22.5. The van der Waals surface area contributed by atoms with Crippen LogP contribution >= 0.6 is 0 Å². The number of carbonyl (C=O) groups excluding carboxylic acids is 1. The van der Waals surface area contributed by atoms with Gasteiger partial charge in [0.2, 0.25) is 5.91 Å². The van der Waals surface area contributed by atoms with Gasteiger partial charge in [-0.1, -0.05) is 6.42 Å². The highest BCUT2D eigenvalue weighted by molar-refractivity contribution is 7.82. The van der Waals surface area contributed by atoms with Gasteiger partial charge in [0, 0.05) is 40.2 Å². The number of rotatable bonds is 10. The number of ether oxygens (including phenoxy) is 1. The highest BCUT2D eigenvalue weighted by Gasteiger charge is 2.27. The summed E-state index contributed by atoms with van der Waals surface area (Å²) in [6, 6.07) is 3.82. The van der Waals surface area contributed by atoms with Crippen molar-refractivity contribution in [2.45, 2.75) is 63.7 Å². The van der Waals surface area contributed by atoms with Crippen molar-refractivity contribution in [1.82, 2.24) is 14.1 Å². The molecule has 1 aliphatic heterocycles. The minimum Gasteiger partial charge on any atom is -0.497 e. The first-order valence-electron chi connectivity index (χ1n) is 12.5. The Morgan fingerprint density at radius 2 is 1.73 bits per heavy atom. The summed E-state index contributed by atoms with van der Waals surface area (Å²) in [7, 11) is 4.10. The first kappa shape index (κ1) is 26.2. The Kier molecular flexibility index (Phi) is 9.77. The lowest BCUT2D eigenvalue weighted by Gasteiger charge is -2.34. The minimum absolute atomic E-state index is 0.142. The fourth-order valence-electron chi connectivity index (χ4n) is 5.54. The van der Waals surface area contributed by atoms with E-state index in [9.17, 15) is 9.00 Å². The summed E-state index contributed by atoms with van der Waals surface area (Å²) in [5, 5.41) is 0. The molecule has 1 aliphatic carbocycles. The number of aryl methyl sites for hydroxylation is 2. The fourth-order valence-corrected chi connectivity index (χ4v) is 6.78. The van der Waals surface area contributed by atoms with Crippen molar-refractivity contribution in [2.24, 2.45) is 11.8 Å². The molecular weight excluding hydrogens is 434 g/mol. The Balaban J connectivity index is 1.46. The second-order valence-corrected chi connectivity index (χ2v) is 11.7. The maximum absolute atomic E-state index is 13.1. The molecule has 1 saturated heterocycles. The van der Waals surface area contributed by atoms with E-state index in [1.165, 1.54) is 58.2 Å². The van der Waals surface area contributed by atoms with Crippen molar-refractivity contribution >= 4 is 16.9 Å². The summed E-state index contributed by atoms with van der Waals surface area (Å²) >= 11 is 0. The number of hydrogen-bond acceptors (Lipinski definition) is 4. The molecule has 2 aliphatic rings. The zero-order valence-corrected chi connectivity index (χ0v) is 22.1. The molecule has 33 heavy (non-hydrogen) atoms. The molecule has 6 nitrogen and oxygen atoms in total. The van der Waals surface area contributed by atoms with Gasteiger partial charge in [0.05, 0.1) is 12.0 Å². The van der Waals surface area contributed by atoms with Crippen LogP contribution in [0.25, 0.3) is 0 Å². The highest BCUT2D eigenvalue weighted by Crippen LogP contribution is 2.31. The summed E-state index contributed by atoms with van der Waals surface area (Å²) in [5.74, 6) is 2.31. The van der Waals surface area contributed by atoms with Crippen LogP contribution in [0.2, 0.25) is 0 Å². The van der Waals surface area contributed by atoms with E-state index in [0.717, 1.165) is 34.2 Å². The van der Waals surface area contributed by atoms with E-state index in [0.29, 0.717) is 18.9 Å². The number of likely N-dealkylation sites (tertiary alicyclic amines) is 1. The van der Waals surface area contributed by atoms with Crippen LogP contribution in [0, 0.1) is 25.7 Å². The quantitative estimate of drug-likeness (QED) is 0.511. The van der Waals surface area contributed by atoms with Gasteiger partial charge in [0.15, 0.2) is 0 Å². The van der Waals surface area contributed by atoms with Gasteiger partial charge in [-0.05, 0) is 94.1 Å². The largest absolute Gasteiger partial charge is 0.497 e. The molecule has 1 heterocycles. The monoisotopic (exact) mass is 477 g/mol. The van der Waals surface area contributed by atoms with E-state index in [2.05, 4.69) is 4.90 Å². The smallest absolute Gasteiger partial charge is 0.223 e. The lowest BCUT2D eigenvalue weighted by Crippen LogP contribution is -2.37. The van der Waals surface area contributed by atoms with Gasteiger partial charge in [0.1, 0.15) is 16.7 Å². The van der Waals surface area contributed by atoms with Crippen molar-refractivity contribution < 1.29 is 13.7 Å². The summed E-state index contributed by atoms with van der Waals surface area (Å²) < 4.78 is 20.2. The van der Waals surface area contributed by atoms with Crippen molar-refractivity contribution in [3.63, 3.8) is 0 Å². The van der Waals surface area contributed by atoms with Crippen LogP contribution < -0.4 is 4.74 Å². The minimum atomic E-state index is -1.30. The fraction of sp³-hybridized carbons (Fsp3) is 0.731. The lowest BCUT2D eigenvalue weighted by molar-refractivity contribution is -0.130. The van der Waals surface area contributed by atoms with Crippen molar-refractivity contribution in [1.29, 1.82) is 0 Å². The predicted molar refractivity (Wildman–Crippen MR) is 135 cm³/mol. The second-order valence-electron chi connectivity index (χ2n) is 10.1. The van der Waals surface area contributed by atoms with Gasteiger partial charge in [-0.25, -0.2) is 8.51 Å². The molecule has 1 amide bonds. The molecule has 1 aromatic rings. The van der Waals surface area contributed by atoms with E-state index in [4.69, 9.17) is 4.74 Å². The van der Waals surface area contributed by atoms with E-state index in [-0.39, 0.29) is 5.91 Å². The number of hydrogen-bond donors (Lipinski definition) is 0. The van der Waals surface area contributed by atoms with Crippen molar-refractivity contribution in [2.75, 3.05) is 53.9 Å². The molecule has 3 atom stereocenters. The van der Waals surface area contributed by atoms with E-state index >= 15 is 0 Å². The van der Waals surface area contributed by atoms with E-state index in [1.807, 2.05) is 45.0 Å². The van der Waals surface area contributed by atoms with Gasteiger partial charge < -0.3 is 14.5 Å². The topological polar surface area (TPSA) is 53.1 Å². The van der Waals surface area contributed by atoms with Gasteiger partial charge in [-0.2, -0.15) is 0 Å².